The summed E-state index contributed by atoms with van der Waals surface area (Å²) < 4.78 is 0. The summed E-state index contributed by atoms with van der Waals surface area (Å²) in [5.74, 6) is 0.812. The Balaban J connectivity index is 2.09. The Labute approximate surface area is 109 Å². The highest BCUT2D eigenvalue weighted by Gasteiger charge is 2.08. The van der Waals surface area contributed by atoms with Gasteiger partial charge in [0.2, 0.25) is 0 Å². The van der Waals surface area contributed by atoms with Crippen LogP contribution >= 0.6 is 23.1 Å². The normalized spacial score (nSPS) is 10.4. The maximum Gasteiger partial charge on any atom is 0.149 e. The monoisotopic (exact) mass is 263 g/mol. The van der Waals surface area contributed by atoms with E-state index in [0.29, 0.717) is 12.2 Å². The Kier molecular flexibility index (Phi) is 4.34. The maximum atomic E-state index is 11.5. The van der Waals surface area contributed by atoms with Crippen LogP contribution in [0.5, 0.6) is 0 Å². The van der Waals surface area contributed by atoms with Gasteiger partial charge in [0.25, 0.3) is 0 Å². The maximum absolute atomic E-state index is 11.5. The van der Waals surface area contributed by atoms with Gasteiger partial charge in [0.15, 0.2) is 0 Å². The van der Waals surface area contributed by atoms with Crippen LogP contribution in [0.2, 0.25) is 0 Å². The van der Waals surface area contributed by atoms with Gasteiger partial charge in [-0.05, 0) is 6.26 Å². The van der Waals surface area contributed by atoms with Gasteiger partial charge in [-0.1, -0.05) is 30.3 Å². The van der Waals surface area contributed by atoms with Crippen molar-refractivity contribution in [2.24, 2.45) is 0 Å². The number of rotatable bonds is 5. The molecule has 1 aromatic heterocycles. The Hall–Kier alpha value is -1.13. The molecule has 0 bridgehead atoms. The lowest BCUT2D eigenvalue weighted by molar-refractivity contribution is -0.115. The second-order valence-corrected chi connectivity index (χ2v) is 5.45. The van der Waals surface area contributed by atoms with E-state index in [4.69, 9.17) is 0 Å². The Morgan fingerprint density at radius 2 is 2.12 bits per heavy atom. The molecule has 0 radical (unpaired) electrons. The molecule has 0 saturated carbocycles. The van der Waals surface area contributed by atoms with E-state index in [9.17, 15) is 4.79 Å². The van der Waals surface area contributed by atoms with Crippen LogP contribution in [-0.2, 0) is 11.2 Å². The first-order chi connectivity index (χ1) is 8.29. The van der Waals surface area contributed by atoms with E-state index in [-0.39, 0.29) is 5.78 Å². The van der Waals surface area contributed by atoms with Gasteiger partial charge in [-0.15, -0.1) is 11.3 Å². The lowest BCUT2D eigenvalue weighted by atomic mass is 10.2. The van der Waals surface area contributed by atoms with Gasteiger partial charge in [-0.3, -0.25) is 4.79 Å². The molecule has 0 aliphatic heterocycles. The predicted octanol–water partition coefficient (Wildman–Crippen LogP) is 3.28. The van der Waals surface area contributed by atoms with Crippen molar-refractivity contribution in [3.63, 3.8) is 0 Å². The predicted molar refractivity (Wildman–Crippen MR) is 74.6 cm³/mol. The largest absolute Gasteiger partial charge is 0.298 e. The van der Waals surface area contributed by atoms with Crippen molar-refractivity contribution < 1.29 is 4.79 Å². The van der Waals surface area contributed by atoms with Crippen LogP contribution in [0.25, 0.3) is 11.3 Å². The smallest absolute Gasteiger partial charge is 0.149 e. The molecule has 0 fully saturated rings. The number of thiazole rings is 1. The molecule has 1 heterocycles. The van der Waals surface area contributed by atoms with Crippen molar-refractivity contribution in [1.29, 1.82) is 0 Å². The van der Waals surface area contributed by atoms with Crippen LogP contribution in [0.15, 0.2) is 35.7 Å². The molecule has 4 heteroatoms. The fourth-order valence-corrected chi connectivity index (χ4v) is 2.77. The summed E-state index contributed by atoms with van der Waals surface area (Å²) in [6.07, 6.45) is 2.40. The second kappa shape index (κ2) is 5.98. The molecule has 2 aromatic rings. The van der Waals surface area contributed by atoms with Gasteiger partial charge >= 0.3 is 0 Å². The van der Waals surface area contributed by atoms with E-state index < -0.39 is 0 Å². The average molecular weight is 263 g/mol. The Morgan fingerprint density at radius 3 is 2.82 bits per heavy atom. The van der Waals surface area contributed by atoms with Crippen LogP contribution in [0.1, 0.15) is 5.01 Å². The number of ketones is 1. The highest BCUT2D eigenvalue weighted by atomic mass is 32.2. The number of hydrogen-bond acceptors (Lipinski definition) is 4. The van der Waals surface area contributed by atoms with Crippen molar-refractivity contribution in [3.05, 3.63) is 40.7 Å². The van der Waals surface area contributed by atoms with Crippen LogP contribution in [-0.4, -0.2) is 22.8 Å². The van der Waals surface area contributed by atoms with Crippen molar-refractivity contribution in [3.8, 4) is 11.3 Å². The molecule has 0 amide bonds. The molecule has 2 nitrogen and oxygen atoms in total. The van der Waals surface area contributed by atoms with E-state index in [0.717, 1.165) is 16.3 Å². The number of thioether (sulfide) groups is 1. The zero-order valence-corrected chi connectivity index (χ0v) is 11.2. The van der Waals surface area contributed by atoms with E-state index in [2.05, 4.69) is 4.98 Å². The summed E-state index contributed by atoms with van der Waals surface area (Å²) in [6.45, 7) is 0. The molecule has 2 rings (SSSR count). The Morgan fingerprint density at radius 1 is 1.35 bits per heavy atom. The van der Waals surface area contributed by atoms with Crippen molar-refractivity contribution in [2.45, 2.75) is 6.42 Å². The summed E-state index contributed by atoms with van der Waals surface area (Å²) in [5.41, 5.74) is 2.06. The van der Waals surface area contributed by atoms with E-state index in [1.165, 1.54) is 0 Å². The third-order valence-corrected chi connectivity index (χ3v) is 3.73. The quantitative estimate of drug-likeness (QED) is 0.829. The number of carbonyl (C=O) groups excluding carboxylic acids is 1. The molecule has 88 valence electrons. The summed E-state index contributed by atoms with van der Waals surface area (Å²) in [5, 5.41) is 2.92. The lowest BCUT2D eigenvalue weighted by Crippen LogP contribution is -2.04. The fourth-order valence-electron chi connectivity index (χ4n) is 1.51. The van der Waals surface area contributed by atoms with Gasteiger partial charge in [-0.2, -0.15) is 11.8 Å². The number of nitrogens with zero attached hydrogens (tertiary/aromatic N) is 1. The van der Waals surface area contributed by atoms with Crippen LogP contribution < -0.4 is 0 Å². The molecular formula is C13H13NOS2. The average Bonchev–Trinajstić information content (AvgIpc) is 2.79. The topological polar surface area (TPSA) is 30.0 Å². The van der Waals surface area contributed by atoms with Crippen LogP contribution in [0.3, 0.4) is 0 Å². The van der Waals surface area contributed by atoms with Crippen molar-refractivity contribution >= 4 is 28.9 Å². The summed E-state index contributed by atoms with van der Waals surface area (Å²) >= 11 is 3.12. The minimum atomic E-state index is 0.242. The van der Waals surface area contributed by atoms with Gasteiger partial charge in [0, 0.05) is 10.9 Å². The fraction of sp³-hybridized carbons (Fsp3) is 0.231. The zero-order chi connectivity index (χ0) is 12.1. The molecule has 0 aliphatic carbocycles. The van der Waals surface area contributed by atoms with Crippen molar-refractivity contribution in [1.82, 2.24) is 4.98 Å². The number of carbonyl (C=O) groups is 1. The minimum Gasteiger partial charge on any atom is -0.298 e. The van der Waals surface area contributed by atoms with Gasteiger partial charge in [0.05, 0.1) is 17.9 Å². The molecule has 1 aromatic carbocycles. The first-order valence-corrected chi connectivity index (χ1v) is 7.57. The first kappa shape index (κ1) is 12.3. The Bertz CT molecular complexity index is 493. The standard InChI is InChI=1S/C13H13NOS2/c1-16-8-11(15)7-13-14-12(9-17-13)10-5-3-2-4-6-10/h2-6,9H,7-8H2,1H3. The first-order valence-electron chi connectivity index (χ1n) is 5.30. The lowest BCUT2D eigenvalue weighted by Gasteiger charge is -1.95. The molecule has 0 atom stereocenters. The number of Topliss-reactive ketones (excluding diaryl/α,β-unsaturated/α-hetero) is 1. The summed E-state index contributed by atoms with van der Waals surface area (Å²) in [6, 6.07) is 10.0. The summed E-state index contributed by atoms with van der Waals surface area (Å²) in [7, 11) is 0. The number of aromatic nitrogens is 1. The molecule has 17 heavy (non-hydrogen) atoms. The number of benzene rings is 1. The van der Waals surface area contributed by atoms with Gasteiger partial charge in [0.1, 0.15) is 10.8 Å². The third kappa shape index (κ3) is 3.41. The van der Waals surface area contributed by atoms with E-state index >= 15 is 0 Å². The van der Waals surface area contributed by atoms with Gasteiger partial charge in [-0.25, -0.2) is 4.98 Å². The van der Waals surface area contributed by atoms with E-state index in [1.54, 1.807) is 23.1 Å². The molecular weight excluding hydrogens is 250 g/mol. The molecule has 0 N–H and O–H groups in total. The molecule has 0 aliphatic rings. The zero-order valence-electron chi connectivity index (χ0n) is 9.55. The van der Waals surface area contributed by atoms with Crippen LogP contribution in [0.4, 0.5) is 0 Å². The highest BCUT2D eigenvalue weighted by Crippen LogP contribution is 2.21. The molecule has 0 saturated heterocycles. The summed E-state index contributed by atoms with van der Waals surface area (Å²) in [4.78, 5) is 16.0. The van der Waals surface area contributed by atoms with Gasteiger partial charge < -0.3 is 0 Å². The van der Waals surface area contributed by atoms with Crippen LogP contribution in [0, 0.1) is 0 Å². The molecule has 0 unspecified atom stereocenters. The molecule has 0 spiro atoms. The van der Waals surface area contributed by atoms with E-state index in [1.807, 2.05) is 42.0 Å². The minimum absolute atomic E-state index is 0.242. The highest BCUT2D eigenvalue weighted by molar-refractivity contribution is 7.99. The van der Waals surface area contributed by atoms with Crippen molar-refractivity contribution in [2.75, 3.05) is 12.0 Å². The SMILES string of the molecule is CSCC(=O)Cc1nc(-c2ccccc2)cs1. The second-order valence-electron chi connectivity index (χ2n) is 3.64. The number of hydrogen-bond donors (Lipinski definition) is 0. The third-order valence-electron chi connectivity index (χ3n) is 2.28.